The lowest BCUT2D eigenvalue weighted by Gasteiger charge is -2.10. The first-order chi connectivity index (χ1) is 14.2. The third-order valence-corrected chi connectivity index (χ3v) is 4.59. The van der Waals surface area contributed by atoms with Gasteiger partial charge < -0.3 is 18.9 Å². The van der Waals surface area contributed by atoms with Crippen LogP contribution >= 0.6 is 15.9 Å². The van der Waals surface area contributed by atoms with E-state index in [1.807, 2.05) is 42.5 Å². The van der Waals surface area contributed by atoms with Gasteiger partial charge in [-0.05, 0) is 48.5 Å². The second-order valence-corrected chi connectivity index (χ2v) is 6.98. The molecule has 0 radical (unpaired) electrons. The lowest BCUT2D eigenvalue weighted by molar-refractivity contribution is 0.0440. The molecule has 7 nitrogen and oxygen atoms in total. The molecule has 0 fully saturated rings. The van der Waals surface area contributed by atoms with E-state index in [-0.39, 0.29) is 12.5 Å². The molecule has 29 heavy (non-hydrogen) atoms. The van der Waals surface area contributed by atoms with E-state index >= 15 is 0 Å². The lowest BCUT2D eigenvalue weighted by atomic mass is 10.2. The minimum atomic E-state index is -0.490. The number of aromatic nitrogens is 2. The number of halogens is 1. The average molecular weight is 454 g/mol. The van der Waals surface area contributed by atoms with E-state index in [9.17, 15) is 4.79 Å². The highest BCUT2D eigenvalue weighted by Gasteiger charge is 2.15. The Hall–Kier alpha value is -3.39. The molecule has 0 amide bonds. The number of para-hydroxylation sites is 1. The molecule has 2 heterocycles. The Kier molecular flexibility index (Phi) is 5.71. The molecule has 0 aliphatic heterocycles. The Morgan fingerprint density at radius 1 is 1.03 bits per heavy atom. The van der Waals surface area contributed by atoms with E-state index in [1.165, 1.54) is 0 Å². The highest BCUT2D eigenvalue weighted by molar-refractivity contribution is 9.10. The standard InChI is InChI=1S/C21H16BrN3O4/c22-15-9-7-14(8-10-15)20-25-24-19(29-20)13-28-21(26)17-5-1-2-6-18(17)23-12-16-4-3-11-27-16/h1-11,23H,12-13H2. The maximum Gasteiger partial charge on any atom is 0.340 e. The number of ether oxygens (including phenoxy) is 1. The summed E-state index contributed by atoms with van der Waals surface area (Å²) in [6.07, 6.45) is 1.60. The molecular weight excluding hydrogens is 438 g/mol. The van der Waals surface area contributed by atoms with Crippen LogP contribution in [0.3, 0.4) is 0 Å². The number of rotatable bonds is 7. The highest BCUT2D eigenvalue weighted by atomic mass is 79.9. The normalized spacial score (nSPS) is 10.7. The zero-order valence-electron chi connectivity index (χ0n) is 15.2. The minimum Gasteiger partial charge on any atom is -0.467 e. The van der Waals surface area contributed by atoms with Crippen molar-refractivity contribution in [1.29, 1.82) is 0 Å². The Morgan fingerprint density at radius 2 is 1.86 bits per heavy atom. The van der Waals surface area contributed by atoms with Crippen molar-refractivity contribution in [3.05, 3.63) is 88.6 Å². The predicted molar refractivity (Wildman–Crippen MR) is 109 cm³/mol. The van der Waals surface area contributed by atoms with Crippen molar-refractivity contribution in [2.45, 2.75) is 13.2 Å². The van der Waals surface area contributed by atoms with Gasteiger partial charge in [0.15, 0.2) is 6.61 Å². The van der Waals surface area contributed by atoms with Gasteiger partial charge >= 0.3 is 5.97 Å². The second kappa shape index (κ2) is 8.74. The minimum absolute atomic E-state index is 0.116. The first kappa shape index (κ1) is 18.9. The van der Waals surface area contributed by atoms with Crippen LogP contribution in [-0.2, 0) is 17.9 Å². The summed E-state index contributed by atoms with van der Waals surface area (Å²) in [4.78, 5) is 12.5. The van der Waals surface area contributed by atoms with Crippen LogP contribution in [0.2, 0.25) is 0 Å². The van der Waals surface area contributed by atoms with E-state index in [0.29, 0.717) is 23.7 Å². The van der Waals surface area contributed by atoms with Gasteiger partial charge in [-0.15, -0.1) is 10.2 Å². The molecule has 0 bridgehead atoms. The molecule has 0 spiro atoms. The largest absolute Gasteiger partial charge is 0.467 e. The van der Waals surface area contributed by atoms with Gasteiger partial charge in [-0.3, -0.25) is 0 Å². The van der Waals surface area contributed by atoms with Gasteiger partial charge in [0.25, 0.3) is 5.89 Å². The summed E-state index contributed by atoms with van der Waals surface area (Å²) in [5.41, 5.74) is 1.84. The summed E-state index contributed by atoms with van der Waals surface area (Å²) >= 11 is 3.38. The fraction of sp³-hybridized carbons (Fsp3) is 0.0952. The van der Waals surface area contributed by atoms with Gasteiger partial charge in [0, 0.05) is 15.7 Å². The van der Waals surface area contributed by atoms with E-state index in [0.717, 1.165) is 15.8 Å². The molecule has 0 aliphatic carbocycles. The SMILES string of the molecule is O=C(OCc1nnc(-c2ccc(Br)cc2)o1)c1ccccc1NCc1ccco1. The number of anilines is 1. The van der Waals surface area contributed by atoms with Gasteiger partial charge in [-0.25, -0.2) is 4.79 Å². The number of hydrogen-bond donors (Lipinski definition) is 1. The van der Waals surface area contributed by atoms with Crippen LogP contribution in [0.15, 0.2) is 80.2 Å². The zero-order chi connectivity index (χ0) is 20.1. The maximum absolute atomic E-state index is 12.5. The van der Waals surface area contributed by atoms with Crippen LogP contribution in [-0.4, -0.2) is 16.2 Å². The average Bonchev–Trinajstić information content (AvgIpc) is 3.43. The summed E-state index contributed by atoms with van der Waals surface area (Å²) in [7, 11) is 0. The van der Waals surface area contributed by atoms with Gasteiger partial charge in [0.05, 0.1) is 18.4 Å². The predicted octanol–water partition coefficient (Wildman–Crippen LogP) is 5.06. The summed E-state index contributed by atoms with van der Waals surface area (Å²) in [5, 5.41) is 11.1. The number of furan rings is 1. The monoisotopic (exact) mass is 453 g/mol. The third-order valence-electron chi connectivity index (χ3n) is 4.06. The lowest BCUT2D eigenvalue weighted by Crippen LogP contribution is -2.10. The number of hydrogen-bond acceptors (Lipinski definition) is 7. The first-order valence-electron chi connectivity index (χ1n) is 8.80. The molecule has 0 saturated heterocycles. The summed E-state index contributed by atoms with van der Waals surface area (Å²) in [6, 6.07) is 18.2. The molecule has 2 aromatic heterocycles. The van der Waals surface area contributed by atoms with Gasteiger partial charge in [-0.1, -0.05) is 28.1 Å². The maximum atomic E-state index is 12.5. The Balaban J connectivity index is 1.39. The second-order valence-electron chi connectivity index (χ2n) is 6.06. The molecule has 146 valence electrons. The van der Waals surface area contributed by atoms with E-state index in [1.54, 1.807) is 24.5 Å². The van der Waals surface area contributed by atoms with Crippen LogP contribution in [0.5, 0.6) is 0 Å². The van der Waals surface area contributed by atoms with E-state index in [2.05, 4.69) is 31.4 Å². The fourth-order valence-corrected chi connectivity index (χ4v) is 2.90. The van der Waals surface area contributed by atoms with Crippen LogP contribution in [0.1, 0.15) is 22.0 Å². The number of carbonyl (C=O) groups excluding carboxylic acids is 1. The summed E-state index contributed by atoms with van der Waals surface area (Å²) < 4.78 is 17.2. The topological polar surface area (TPSA) is 90.4 Å². The molecule has 4 rings (SSSR count). The first-order valence-corrected chi connectivity index (χ1v) is 9.59. The van der Waals surface area contributed by atoms with Gasteiger partial charge in [0.1, 0.15) is 5.76 Å². The number of nitrogens with zero attached hydrogens (tertiary/aromatic N) is 2. The van der Waals surface area contributed by atoms with Crippen molar-refractivity contribution in [1.82, 2.24) is 10.2 Å². The Morgan fingerprint density at radius 3 is 2.66 bits per heavy atom. The Bertz CT molecular complexity index is 1090. The third kappa shape index (κ3) is 4.72. The van der Waals surface area contributed by atoms with Crippen molar-refractivity contribution >= 4 is 27.6 Å². The molecule has 2 aromatic carbocycles. The number of benzene rings is 2. The number of carbonyl (C=O) groups is 1. The smallest absolute Gasteiger partial charge is 0.340 e. The van der Waals surface area contributed by atoms with Crippen molar-refractivity contribution in [2.24, 2.45) is 0 Å². The molecule has 0 saturated carbocycles. The van der Waals surface area contributed by atoms with Crippen molar-refractivity contribution in [3.8, 4) is 11.5 Å². The number of nitrogens with one attached hydrogen (secondary N) is 1. The van der Waals surface area contributed by atoms with Crippen molar-refractivity contribution < 1.29 is 18.4 Å². The van der Waals surface area contributed by atoms with Gasteiger partial charge in [0.2, 0.25) is 5.89 Å². The van der Waals surface area contributed by atoms with E-state index < -0.39 is 5.97 Å². The van der Waals surface area contributed by atoms with Crippen LogP contribution in [0.25, 0.3) is 11.5 Å². The molecule has 1 N–H and O–H groups in total. The Labute approximate surface area is 174 Å². The molecule has 4 aromatic rings. The molecule has 0 aliphatic rings. The summed E-state index contributed by atoms with van der Waals surface area (Å²) in [5.74, 6) is 0.858. The molecule has 0 unspecified atom stereocenters. The fourth-order valence-electron chi connectivity index (χ4n) is 2.64. The van der Waals surface area contributed by atoms with Crippen LogP contribution in [0.4, 0.5) is 5.69 Å². The zero-order valence-corrected chi connectivity index (χ0v) is 16.8. The van der Waals surface area contributed by atoms with E-state index in [4.69, 9.17) is 13.6 Å². The molecule has 0 atom stereocenters. The van der Waals surface area contributed by atoms with Crippen LogP contribution in [0, 0.1) is 0 Å². The molecule has 8 heteroatoms. The highest BCUT2D eigenvalue weighted by Crippen LogP contribution is 2.22. The van der Waals surface area contributed by atoms with Gasteiger partial charge in [-0.2, -0.15) is 0 Å². The van der Waals surface area contributed by atoms with Crippen molar-refractivity contribution in [3.63, 3.8) is 0 Å². The molecular formula is C21H16BrN3O4. The van der Waals surface area contributed by atoms with Crippen molar-refractivity contribution in [2.75, 3.05) is 5.32 Å². The van der Waals surface area contributed by atoms with Crippen LogP contribution < -0.4 is 5.32 Å². The number of esters is 1. The quantitative estimate of drug-likeness (QED) is 0.391. The summed E-state index contributed by atoms with van der Waals surface area (Å²) in [6.45, 7) is 0.340.